The van der Waals surface area contributed by atoms with E-state index in [0.717, 1.165) is 17.1 Å². The molecule has 0 aliphatic heterocycles. The lowest BCUT2D eigenvalue weighted by atomic mass is 10.2. The summed E-state index contributed by atoms with van der Waals surface area (Å²) in [5, 5.41) is 10.5. The van der Waals surface area contributed by atoms with Gasteiger partial charge in [0, 0.05) is 0 Å². The topological polar surface area (TPSA) is 28.0 Å². The Morgan fingerprint density at radius 3 is 1.43 bits per heavy atom. The van der Waals surface area contributed by atoms with Crippen molar-refractivity contribution < 1.29 is 0 Å². The lowest BCUT2D eigenvalue weighted by Crippen LogP contribution is -2.07. The van der Waals surface area contributed by atoms with Crippen LogP contribution in [0.3, 0.4) is 0 Å². The maximum Gasteiger partial charge on any atom is 0.0874 e. The lowest BCUT2D eigenvalue weighted by Gasteiger charge is -2.17. The number of hydrogen-bond donors (Lipinski definition) is 0. The van der Waals surface area contributed by atoms with Crippen molar-refractivity contribution in [3.63, 3.8) is 0 Å². The summed E-state index contributed by atoms with van der Waals surface area (Å²) >= 11 is 0. The van der Waals surface area contributed by atoms with Crippen molar-refractivity contribution in [2.45, 2.75) is 0 Å². The fourth-order valence-corrected chi connectivity index (χ4v) is 1.98. The summed E-state index contributed by atoms with van der Waals surface area (Å²) in [5.41, 5.74) is 2.78. The number of hydrogen-bond acceptors (Lipinski definition) is 2. The Bertz CT molecular complexity index is 655. The normalized spacial score (nSPS) is 10.7. The molecular formula is C18H15N3. The predicted molar refractivity (Wildman–Crippen MR) is 86.0 cm³/mol. The molecule has 21 heavy (non-hydrogen) atoms. The van der Waals surface area contributed by atoms with Crippen LogP contribution in [-0.2, 0) is 0 Å². The van der Waals surface area contributed by atoms with Crippen molar-refractivity contribution >= 4 is 17.1 Å². The maximum atomic E-state index is 4.39. The van der Waals surface area contributed by atoms with Crippen LogP contribution < -0.4 is 5.01 Å². The Hall–Kier alpha value is -2.94. The van der Waals surface area contributed by atoms with Crippen LogP contribution in [0.2, 0.25) is 0 Å². The molecule has 0 heterocycles. The highest BCUT2D eigenvalue weighted by Crippen LogP contribution is 2.26. The molecule has 0 saturated heterocycles. The largest absolute Gasteiger partial charge is 0.215 e. The first kappa shape index (κ1) is 13.1. The fraction of sp³-hybridized carbons (Fsp3) is 0. The third kappa shape index (κ3) is 3.34. The summed E-state index contributed by atoms with van der Waals surface area (Å²) in [4.78, 5) is 0. The van der Waals surface area contributed by atoms with Gasteiger partial charge in [0.15, 0.2) is 0 Å². The van der Waals surface area contributed by atoms with Crippen molar-refractivity contribution in [1.29, 1.82) is 0 Å². The Balaban J connectivity index is 1.96. The van der Waals surface area contributed by atoms with Gasteiger partial charge in [0.25, 0.3) is 0 Å². The molecule has 3 heteroatoms. The van der Waals surface area contributed by atoms with E-state index in [1.54, 1.807) is 0 Å². The molecule has 0 unspecified atom stereocenters. The van der Waals surface area contributed by atoms with Gasteiger partial charge in [0.05, 0.1) is 17.1 Å². The first-order valence-electron chi connectivity index (χ1n) is 6.80. The standard InChI is InChI=1S/C18H15N3/c1-4-10-16(11-5-1)19-20-21(17-12-6-2-7-13-17)18-14-8-3-9-15-18/h1-15H/b20-19+. The Morgan fingerprint density at radius 2 is 0.952 bits per heavy atom. The molecule has 3 nitrogen and oxygen atoms in total. The Morgan fingerprint density at radius 1 is 0.524 bits per heavy atom. The van der Waals surface area contributed by atoms with Crippen LogP contribution in [0.15, 0.2) is 101 Å². The van der Waals surface area contributed by atoms with Crippen molar-refractivity contribution in [1.82, 2.24) is 0 Å². The molecule has 0 aromatic heterocycles. The van der Waals surface area contributed by atoms with Crippen LogP contribution in [-0.4, -0.2) is 0 Å². The average molecular weight is 273 g/mol. The van der Waals surface area contributed by atoms with Crippen LogP contribution in [0.1, 0.15) is 0 Å². The van der Waals surface area contributed by atoms with E-state index in [9.17, 15) is 0 Å². The molecule has 0 aliphatic rings. The second kappa shape index (κ2) is 6.48. The summed E-state index contributed by atoms with van der Waals surface area (Å²) in [6.07, 6.45) is 0. The minimum absolute atomic E-state index is 0.828. The van der Waals surface area contributed by atoms with E-state index < -0.39 is 0 Å². The lowest BCUT2D eigenvalue weighted by molar-refractivity contribution is 0.974. The zero-order chi connectivity index (χ0) is 14.3. The molecule has 0 amide bonds. The van der Waals surface area contributed by atoms with Gasteiger partial charge < -0.3 is 0 Å². The highest BCUT2D eigenvalue weighted by Gasteiger charge is 2.07. The molecule has 0 radical (unpaired) electrons. The number of para-hydroxylation sites is 2. The average Bonchev–Trinajstić information content (AvgIpc) is 2.58. The molecule has 0 spiro atoms. The van der Waals surface area contributed by atoms with Gasteiger partial charge in [-0.1, -0.05) is 59.8 Å². The quantitative estimate of drug-likeness (QED) is 0.454. The van der Waals surface area contributed by atoms with Gasteiger partial charge in [-0.25, -0.2) is 5.01 Å². The Kier molecular flexibility index (Phi) is 4.03. The fourth-order valence-electron chi connectivity index (χ4n) is 1.98. The summed E-state index contributed by atoms with van der Waals surface area (Å²) in [6, 6.07) is 29.7. The molecule has 3 aromatic carbocycles. The molecule has 0 atom stereocenters. The number of benzene rings is 3. The van der Waals surface area contributed by atoms with Crippen molar-refractivity contribution in [3.05, 3.63) is 91.0 Å². The molecule has 0 aliphatic carbocycles. The summed E-state index contributed by atoms with van der Waals surface area (Å²) in [7, 11) is 0. The minimum Gasteiger partial charge on any atom is -0.215 e. The molecule has 3 rings (SSSR count). The summed E-state index contributed by atoms with van der Waals surface area (Å²) in [6.45, 7) is 0. The van der Waals surface area contributed by atoms with Gasteiger partial charge in [-0.15, -0.1) is 5.11 Å². The van der Waals surface area contributed by atoms with E-state index in [4.69, 9.17) is 0 Å². The molecule has 0 saturated carbocycles. The van der Waals surface area contributed by atoms with E-state index in [-0.39, 0.29) is 0 Å². The number of nitrogens with zero attached hydrogens (tertiary/aromatic N) is 3. The third-order valence-corrected chi connectivity index (χ3v) is 3.01. The van der Waals surface area contributed by atoms with E-state index in [0.29, 0.717) is 0 Å². The minimum atomic E-state index is 0.828. The van der Waals surface area contributed by atoms with Gasteiger partial charge in [-0.3, -0.25) is 0 Å². The van der Waals surface area contributed by atoms with Crippen LogP contribution in [0.4, 0.5) is 17.1 Å². The van der Waals surface area contributed by atoms with E-state index in [2.05, 4.69) is 10.3 Å². The molecule has 102 valence electrons. The van der Waals surface area contributed by atoms with Gasteiger partial charge in [-0.2, -0.15) is 0 Å². The van der Waals surface area contributed by atoms with Crippen molar-refractivity contribution in [2.24, 2.45) is 10.3 Å². The second-order valence-corrected chi connectivity index (χ2v) is 4.51. The van der Waals surface area contributed by atoms with Crippen LogP contribution in [0.25, 0.3) is 0 Å². The van der Waals surface area contributed by atoms with Crippen LogP contribution >= 0.6 is 0 Å². The van der Waals surface area contributed by atoms with Gasteiger partial charge in [0.2, 0.25) is 0 Å². The number of anilines is 2. The SMILES string of the molecule is c1ccc(/N=N/N(c2ccccc2)c2ccccc2)cc1. The molecule has 3 aromatic rings. The van der Waals surface area contributed by atoms with Crippen molar-refractivity contribution in [2.75, 3.05) is 5.01 Å². The number of rotatable bonds is 4. The van der Waals surface area contributed by atoms with Crippen molar-refractivity contribution in [3.8, 4) is 0 Å². The highest BCUT2D eigenvalue weighted by molar-refractivity contribution is 5.61. The monoisotopic (exact) mass is 273 g/mol. The van der Waals surface area contributed by atoms with Crippen LogP contribution in [0, 0.1) is 0 Å². The molecule has 0 fully saturated rings. The summed E-state index contributed by atoms with van der Waals surface area (Å²) < 4.78 is 0. The first-order chi connectivity index (χ1) is 10.4. The predicted octanol–water partition coefficient (Wildman–Crippen LogP) is 5.52. The molecule has 0 N–H and O–H groups in total. The summed E-state index contributed by atoms with van der Waals surface area (Å²) in [5.74, 6) is 0. The highest BCUT2D eigenvalue weighted by atomic mass is 15.5. The van der Waals surface area contributed by atoms with Crippen LogP contribution in [0.5, 0.6) is 0 Å². The van der Waals surface area contributed by atoms with E-state index in [1.165, 1.54) is 0 Å². The van der Waals surface area contributed by atoms with E-state index in [1.807, 2.05) is 96.0 Å². The Labute approximate surface area is 124 Å². The third-order valence-electron chi connectivity index (χ3n) is 3.01. The second-order valence-electron chi connectivity index (χ2n) is 4.51. The first-order valence-corrected chi connectivity index (χ1v) is 6.80. The molecular weight excluding hydrogens is 258 g/mol. The molecule has 0 bridgehead atoms. The zero-order valence-corrected chi connectivity index (χ0v) is 11.5. The van der Waals surface area contributed by atoms with Gasteiger partial charge in [0.1, 0.15) is 0 Å². The van der Waals surface area contributed by atoms with Gasteiger partial charge in [-0.05, 0) is 36.4 Å². The smallest absolute Gasteiger partial charge is 0.0874 e. The van der Waals surface area contributed by atoms with Gasteiger partial charge >= 0.3 is 0 Å². The maximum absolute atomic E-state index is 4.39. The van der Waals surface area contributed by atoms with E-state index >= 15 is 0 Å². The zero-order valence-electron chi connectivity index (χ0n) is 11.5.